The zero-order chi connectivity index (χ0) is 17.6. The lowest BCUT2D eigenvalue weighted by Crippen LogP contribution is -2.41. The minimum Gasteiger partial charge on any atom is -0.348 e. The predicted octanol–water partition coefficient (Wildman–Crippen LogP) is 2.72. The normalized spacial score (nSPS) is 12.4. The van der Waals surface area contributed by atoms with Gasteiger partial charge in [-0.05, 0) is 24.1 Å². The van der Waals surface area contributed by atoms with Crippen LogP contribution in [0.3, 0.4) is 0 Å². The highest BCUT2D eigenvalue weighted by atomic mass is 32.2. The molecule has 0 unspecified atom stereocenters. The van der Waals surface area contributed by atoms with Gasteiger partial charge in [-0.25, -0.2) is 8.42 Å². The van der Waals surface area contributed by atoms with Crippen molar-refractivity contribution >= 4 is 21.6 Å². The number of nitrogens with zero attached hydrogens (tertiary/aromatic N) is 1. The van der Waals surface area contributed by atoms with Crippen LogP contribution in [-0.2, 0) is 14.8 Å². The smallest absolute Gasteiger partial charge is 0.241 e. The first-order valence-electron chi connectivity index (χ1n) is 7.79. The number of carbonyl (C=O) groups is 1. The molecular weight excluding hydrogens is 324 g/mol. The molecule has 1 amide bonds. The summed E-state index contributed by atoms with van der Waals surface area (Å²) in [4.78, 5) is 12.4. The highest BCUT2D eigenvalue weighted by molar-refractivity contribution is 7.92. The van der Waals surface area contributed by atoms with Crippen LogP contribution in [0.25, 0.3) is 0 Å². The van der Waals surface area contributed by atoms with E-state index in [0.29, 0.717) is 5.69 Å². The molecule has 0 saturated carbocycles. The molecule has 1 N–H and O–H groups in total. The molecule has 0 aliphatic rings. The van der Waals surface area contributed by atoms with Gasteiger partial charge >= 0.3 is 0 Å². The van der Waals surface area contributed by atoms with Crippen molar-refractivity contribution in [1.29, 1.82) is 0 Å². The molecule has 0 spiro atoms. The van der Waals surface area contributed by atoms with Crippen LogP contribution in [0.15, 0.2) is 60.7 Å². The van der Waals surface area contributed by atoms with Crippen LogP contribution < -0.4 is 9.62 Å². The molecule has 2 rings (SSSR count). The number of amides is 1. The van der Waals surface area contributed by atoms with E-state index in [4.69, 9.17) is 0 Å². The molecule has 1 atom stereocenters. The number of rotatable bonds is 7. The van der Waals surface area contributed by atoms with E-state index in [1.54, 1.807) is 30.3 Å². The molecule has 0 radical (unpaired) electrons. The highest BCUT2D eigenvalue weighted by Gasteiger charge is 2.22. The molecule has 0 aliphatic carbocycles. The van der Waals surface area contributed by atoms with Crippen LogP contribution in [0.4, 0.5) is 5.69 Å². The average molecular weight is 346 g/mol. The minimum absolute atomic E-state index is 0.143. The Morgan fingerprint density at radius 3 is 2.08 bits per heavy atom. The number of benzene rings is 2. The Balaban J connectivity index is 2.14. The molecule has 2 aromatic carbocycles. The molecule has 5 nitrogen and oxygen atoms in total. The van der Waals surface area contributed by atoms with Crippen molar-refractivity contribution in [3.8, 4) is 0 Å². The quantitative estimate of drug-likeness (QED) is 0.838. The summed E-state index contributed by atoms with van der Waals surface area (Å²) in [6.07, 6.45) is 1.82. The third-order valence-electron chi connectivity index (χ3n) is 3.68. The van der Waals surface area contributed by atoms with Crippen molar-refractivity contribution in [1.82, 2.24) is 5.32 Å². The number of para-hydroxylation sites is 1. The molecule has 128 valence electrons. The molecule has 0 fully saturated rings. The summed E-state index contributed by atoms with van der Waals surface area (Å²) in [6.45, 7) is 1.73. The van der Waals surface area contributed by atoms with Crippen LogP contribution in [0.5, 0.6) is 0 Å². The lowest BCUT2D eigenvalue weighted by molar-refractivity contribution is -0.120. The standard InChI is InChI=1S/C18H22N2O3S/c1-3-17(15-10-6-4-7-11-15)19-18(21)14-20(24(2,22)23)16-12-8-5-9-13-16/h4-13,17H,3,14H2,1-2H3,(H,19,21)/t17-/m1/s1. The second-order valence-electron chi connectivity index (χ2n) is 5.54. The number of carbonyl (C=O) groups excluding carboxylic acids is 1. The van der Waals surface area contributed by atoms with E-state index in [1.807, 2.05) is 37.3 Å². The molecule has 0 aliphatic heterocycles. The minimum atomic E-state index is -3.55. The van der Waals surface area contributed by atoms with Crippen molar-refractivity contribution < 1.29 is 13.2 Å². The molecule has 6 heteroatoms. The number of anilines is 1. The summed E-state index contributed by atoms with van der Waals surface area (Å²) in [5.74, 6) is -0.333. The monoisotopic (exact) mass is 346 g/mol. The van der Waals surface area contributed by atoms with Gasteiger partial charge in [-0.3, -0.25) is 9.10 Å². The Morgan fingerprint density at radius 2 is 1.58 bits per heavy atom. The number of sulfonamides is 1. The third-order valence-corrected chi connectivity index (χ3v) is 4.82. The van der Waals surface area contributed by atoms with Crippen LogP contribution in [-0.4, -0.2) is 27.1 Å². The van der Waals surface area contributed by atoms with Gasteiger partial charge in [-0.15, -0.1) is 0 Å². The summed E-state index contributed by atoms with van der Waals surface area (Å²) in [5.41, 5.74) is 1.47. The Hall–Kier alpha value is -2.34. The first-order chi connectivity index (χ1) is 11.4. The second-order valence-corrected chi connectivity index (χ2v) is 7.45. The Labute approximate surface area is 143 Å². The lowest BCUT2D eigenvalue weighted by atomic mass is 10.0. The third kappa shape index (κ3) is 4.83. The maximum Gasteiger partial charge on any atom is 0.241 e. The number of hydrogen-bond acceptors (Lipinski definition) is 3. The summed E-state index contributed by atoms with van der Waals surface area (Å²) >= 11 is 0. The van der Waals surface area contributed by atoms with Gasteiger partial charge in [0.05, 0.1) is 18.0 Å². The fraction of sp³-hybridized carbons (Fsp3) is 0.278. The van der Waals surface area contributed by atoms with E-state index in [1.165, 1.54) is 0 Å². The Kier molecular flexibility index (Phi) is 5.98. The van der Waals surface area contributed by atoms with E-state index in [9.17, 15) is 13.2 Å². The average Bonchev–Trinajstić information content (AvgIpc) is 2.58. The van der Waals surface area contributed by atoms with E-state index in [-0.39, 0.29) is 18.5 Å². The molecule has 2 aromatic rings. The van der Waals surface area contributed by atoms with Crippen molar-refractivity contribution in [2.24, 2.45) is 0 Å². The maximum absolute atomic E-state index is 12.4. The van der Waals surface area contributed by atoms with Crippen LogP contribution in [0.2, 0.25) is 0 Å². The number of nitrogens with one attached hydrogen (secondary N) is 1. The first kappa shape index (κ1) is 18.0. The zero-order valence-corrected chi connectivity index (χ0v) is 14.7. The van der Waals surface area contributed by atoms with Crippen molar-refractivity contribution in [2.45, 2.75) is 19.4 Å². The number of hydrogen-bond donors (Lipinski definition) is 1. The molecular formula is C18H22N2O3S. The van der Waals surface area contributed by atoms with Gasteiger partial charge < -0.3 is 5.32 Å². The fourth-order valence-corrected chi connectivity index (χ4v) is 3.33. The molecule has 0 aromatic heterocycles. The first-order valence-corrected chi connectivity index (χ1v) is 9.63. The van der Waals surface area contributed by atoms with E-state index in [2.05, 4.69) is 5.32 Å². The van der Waals surface area contributed by atoms with Gasteiger partial charge in [0, 0.05) is 0 Å². The van der Waals surface area contributed by atoms with Gasteiger partial charge in [-0.2, -0.15) is 0 Å². The van der Waals surface area contributed by atoms with Gasteiger partial charge in [0.1, 0.15) is 6.54 Å². The van der Waals surface area contributed by atoms with Crippen LogP contribution in [0.1, 0.15) is 24.9 Å². The van der Waals surface area contributed by atoms with Gasteiger partial charge in [0.15, 0.2) is 0 Å². The molecule has 0 saturated heterocycles. The Morgan fingerprint density at radius 1 is 1.04 bits per heavy atom. The Bertz CT molecular complexity index is 761. The van der Waals surface area contributed by atoms with Gasteiger partial charge in [-0.1, -0.05) is 55.5 Å². The highest BCUT2D eigenvalue weighted by Crippen LogP contribution is 2.18. The summed E-state index contributed by atoms with van der Waals surface area (Å²) in [7, 11) is -3.55. The predicted molar refractivity (Wildman–Crippen MR) is 96.2 cm³/mol. The largest absolute Gasteiger partial charge is 0.348 e. The van der Waals surface area contributed by atoms with Crippen molar-refractivity contribution in [2.75, 3.05) is 17.1 Å². The summed E-state index contributed by atoms with van der Waals surface area (Å²) in [6, 6.07) is 18.1. The zero-order valence-electron chi connectivity index (χ0n) is 13.8. The van der Waals surface area contributed by atoms with Gasteiger partial charge in [0.2, 0.25) is 15.9 Å². The van der Waals surface area contributed by atoms with E-state index < -0.39 is 10.0 Å². The summed E-state index contributed by atoms with van der Waals surface area (Å²) in [5, 5.41) is 2.91. The van der Waals surface area contributed by atoms with Crippen molar-refractivity contribution in [3.63, 3.8) is 0 Å². The second kappa shape index (κ2) is 7.97. The van der Waals surface area contributed by atoms with Gasteiger partial charge in [0.25, 0.3) is 0 Å². The van der Waals surface area contributed by atoms with Crippen LogP contribution in [0, 0.1) is 0 Å². The fourth-order valence-electron chi connectivity index (χ4n) is 2.47. The van der Waals surface area contributed by atoms with E-state index >= 15 is 0 Å². The van der Waals surface area contributed by atoms with Crippen LogP contribution >= 0.6 is 0 Å². The SMILES string of the molecule is CC[C@@H](NC(=O)CN(c1ccccc1)S(C)(=O)=O)c1ccccc1. The summed E-state index contributed by atoms with van der Waals surface area (Å²) < 4.78 is 25.2. The van der Waals surface area contributed by atoms with E-state index in [0.717, 1.165) is 22.5 Å². The van der Waals surface area contributed by atoms with Crippen molar-refractivity contribution in [3.05, 3.63) is 66.2 Å². The molecule has 24 heavy (non-hydrogen) atoms. The lowest BCUT2D eigenvalue weighted by Gasteiger charge is -2.24. The molecule has 0 bridgehead atoms. The maximum atomic E-state index is 12.4. The topological polar surface area (TPSA) is 66.5 Å². The molecule has 0 heterocycles.